The van der Waals surface area contributed by atoms with E-state index in [-0.39, 0.29) is 0 Å². The fourth-order valence-corrected chi connectivity index (χ4v) is 2.13. The number of unbranched alkanes of at least 4 members (excludes halogenated alkanes) is 7. The van der Waals surface area contributed by atoms with Gasteiger partial charge in [-0.25, -0.2) is 0 Å². The van der Waals surface area contributed by atoms with Crippen molar-refractivity contribution in [3.63, 3.8) is 0 Å². The first-order valence-corrected chi connectivity index (χ1v) is 9.15. The van der Waals surface area contributed by atoms with Gasteiger partial charge in [0.1, 0.15) is 0 Å². The standard InChI is InChI=1S/C18H39NO3/c1-4-5-6-7-8-9-10-11-13-20-15-17-22-18-16-21-14-12-19(2)3/h4-18H2,1-3H3. The van der Waals surface area contributed by atoms with Crippen LogP contribution in [0.3, 0.4) is 0 Å². The summed E-state index contributed by atoms with van der Waals surface area (Å²) in [6.07, 6.45) is 10.8. The molecule has 0 unspecified atom stereocenters. The average Bonchev–Trinajstić information content (AvgIpc) is 2.50. The molecule has 4 heteroatoms. The number of nitrogens with zero attached hydrogens (tertiary/aromatic N) is 1. The molecule has 0 N–H and O–H groups in total. The number of likely N-dealkylation sites (N-methyl/N-ethyl adjacent to an activating group) is 1. The van der Waals surface area contributed by atoms with Gasteiger partial charge in [-0.15, -0.1) is 0 Å². The van der Waals surface area contributed by atoms with Crippen molar-refractivity contribution in [3.05, 3.63) is 0 Å². The lowest BCUT2D eigenvalue weighted by Crippen LogP contribution is -2.19. The highest BCUT2D eigenvalue weighted by atomic mass is 16.5. The Labute approximate surface area is 138 Å². The maximum absolute atomic E-state index is 5.57. The van der Waals surface area contributed by atoms with E-state index < -0.39 is 0 Å². The molecule has 0 aromatic heterocycles. The van der Waals surface area contributed by atoms with Gasteiger partial charge >= 0.3 is 0 Å². The van der Waals surface area contributed by atoms with Gasteiger partial charge in [0, 0.05) is 13.2 Å². The molecular weight excluding hydrogens is 278 g/mol. The van der Waals surface area contributed by atoms with Crippen LogP contribution in [0.2, 0.25) is 0 Å². The van der Waals surface area contributed by atoms with Crippen LogP contribution >= 0.6 is 0 Å². The second kappa shape index (κ2) is 18.9. The van der Waals surface area contributed by atoms with E-state index >= 15 is 0 Å². The van der Waals surface area contributed by atoms with Crippen molar-refractivity contribution in [2.75, 3.05) is 60.3 Å². The maximum atomic E-state index is 5.57. The molecular formula is C18H39NO3. The van der Waals surface area contributed by atoms with E-state index in [1.807, 2.05) is 14.1 Å². The van der Waals surface area contributed by atoms with Crippen LogP contribution in [0.25, 0.3) is 0 Å². The third-order valence-corrected chi connectivity index (χ3v) is 3.57. The monoisotopic (exact) mass is 317 g/mol. The van der Waals surface area contributed by atoms with Gasteiger partial charge in [-0.3, -0.25) is 0 Å². The minimum atomic E-state index is 0.661. The summed E-state index contributed by atoms with van der Waals surface area (Å²) in [7, 11) is 4.09. The topological polar surface area (TPSA) is 30.9 Å². The molecule has 0 spiro atoms. The van der Waals surface area contributed by atoms with Crippen molar-refractivity contribution in [1.82, 2.24) is 4.90 Å². The van der Waals surface area contributed by atoms with E-state index in [1.54, 1.807) is 0 Å². The lowest BCUT2D eigenvalue weighted by atomic mass is 10.1. The zero-order valence-electron chi connectivity index (χ0n) is 15.3. The largest absolute Gasteiger partial charge is 0.379 e. The van der Waals surface area contributed by atoms with Crippen LogP contribution in [0.1, 0.15) is 58.3 Å². The van der Waals surface area contributed by atoms with Crippen LogP contribution in [0.5, 0.6) is 0 Å². The molecule has 0 aliphatic carbocycles. The molecule has 134 valence electrons. The minimum absolute atomic E-state index is 0.661. The predicted molar refractivity (Wildman–Crippen MR) is 93.6 cm³/mol. The van der Waals surface area contributed by atoms with Gasteiger partial charge in [0.2, 0.25) is 0 Å². The van der Waals surface area contributed by atoms with Crippen LogP contribution in [0.4, 0.5) is 0 Å². The van der Waals surface area contributed by atoms with Crippen molar-refractivity contribution < 1.29 is 14.2 Å². The van der Waals surface area contributed by atoms with Gasteiger partial charge in [0.15, 0.2) is 0 Å². The summed E-state index contributed by atoms with van der Waals surface area (Å²) in [6.45, 7) is 7.58. The van der Waals surface area contributed by atoms with Gasteiger partial charge in [0.25, 0.3) is 0 Å². The molecule has 0 saturated heterocycles. The summed E-state index contributed by atoms with van der Waals surface area (Å²) in [4.78, 5) is 2.11. The van der Waals surface area contributed by atoms with Crippen LogP contribution in [-0.4, -0.2) is 65.2 Å². The Bertz CT molecular complexity index is 201. The fraction of sp³-hybridized carbons (Fsp3) is 1.00. The fourth-order valence-electron chi connectivity index (χ4n) is 2.13. The molecule has 0 fully saturated rings. The molecule has 0 heterocycles. The average molecular weight is 318 g/mol. The molecule has 0 aromatic carbocycles. The Morgan fingerprint density at radius 2 is 1.00 bits per heavy atom. The van der Waals surface area contributed by atoms with E-state index in [1.165, 1.54) is 51.4 Å². The zero-order valence-corrected chi connectivity index (χ0v) is 15.3. The third kappa shape index (κ3) is 19.8. The Hall–Kier alpha value is -0.160. The molecule has 0 aliphatic rings. The van der Waals surface area contributed by atoms with Crippen molar-refractivity contribution >= 4 is 0 Å². The molecule has 0 saturated carbocycles. The first-order valence-electron chi connectivity index (χ1n) is 9.15. The predicted octanol–water partition coefficient (Wildman–Crippen LogP) is 3.74. The number of ether oxygens (including phenoxy) is 3. The quantitative estimate of drug-likeness (QED) is 0.360. The molecule has 22 heavy (non-hydrogen) atoms. The van der Waals surface area contributed by atoms with Gasteiger partial charge in [-0.2, -0.15) is 0 Å². The van der Waals surface area contributed by atoms with E-state index in [2.05, 4.69) is 11.8 Å². The number of rotatable bonds is 18. The van der Waals surface area contributed by atoms with Crippen LogP contribution in [0, 0.1) is 0 Å². The van der Waals surface area contributed by atoms with Crippen molar-refractivity contribution in [1.29, 1.82) is 0 Å². The second-order valence-electron chi connectivity index (χ2n) is 6.12. The third-order valence-electron chi connectivity index (χ3n) is 3.57. The van der Waals surface area contributed by atoms with Crippen LogP contribution in [-0.2, 0) is 14.2 Å². The highest BCUT2D eigenvalue weighted by Gasteiger charge is 1.94. The lowest BCUT2D eigenvalue weighted by molar-refractivity contribution is 0.0117. The van der Waals surface area contributed by atoms with Crippen molar-refractivity contribution in [2.24, 2.45) is 0 Å². The normalized spacial score (nSPS) is 11.5. The first kappa shape index (κ1) is 21.8. The van der Waals surface area contributed by atoms with Gasteiger partial charge in [0.05, 0.1) is 33.0 Å². The Morgan fingerprint density at radius 1 is 0.545 bits per heavy atom. The van der Waals surface area contributed by atoms with E-state index in [0.29, 0.717) is 26.4 Å². The molecule has 0 aliphatic heterocycles. The van der Waals surface area contributed by atoms with Crippen LogP contribution in [0.15, 0.2) is 0 Å². The smallest absolute Gasteiger partial charge is 0.0701 e. The van der Waals surface area contributed by atoms with Gasteiger partial charge in [-0.05, 0) is 20.5 Å². The van der Waals surface area contributed by atoms with Crippen molar-refractivity contribution in [2.45, 2.75) is 58.3 Å². The second-order valence-corrected chi connectivity index (χ2v) is 6.12. The molecule has 0 amide bonds. The van der Waals surface area contributed by atoms with Crippen molar-refractivity contribution in [3.8, 4) is 0 Å². The molecule has 0 rings (SSSR count). The summed E-state index contributed by atoms with van der Waals surface area (Å²) in [6, 6.07) is 0. The zero-order chi connectivity index (χ0) is 16.3. The lowest BCUT2D eigenvalue weighted by Gasteiger charge is -2.10. The molecule has 0 radical (unpaired) electrons. The van der Waals surface area contributed by atoms with E-state index in [4.69, 9.17) is 14.2 Å². The van der Waals surface area contributed by atoms with Crippen LogP contribution < -0.4 is 0 Å². The molecule has 0 aromatic rings. The number of hydrogen-bond donors (Lipinski definition) is 0. The Balaban J connectivity index is 2.94. The highest BCUT2D eigenvalue weighted by Crippen LogP contribution is 2.08. The number of hydrogen-bond acceptors (Lipinski definition) is 4. The maximum Gasteiger partial charge on any atom is 0.0701 e. The first-order chi connectivity index (χ1) is 10.8. The summed E-state index contributed by atoms with van der Waals surface area (Å²) in [5, 5.41) is 0. The highest BCUT2D eigenvalue weighted by molar-refractivity contribution is 4.46. The Kier molecular flexibility index (Phi) is 18.8. The molecule has 4 nitrogen and oxygen atoms in total. The SMILES string of the molecule is CCCCCCCCCCOCCOCCOCCN(C)C. The molecule has 0 atom stereocenters. The molecule has 0 bridgehead atoms. The van der Waals surface area contributed by atoms with Gasteiger partial charge < -0.3 is 19.1 Å². The summed E-state index contributed by atoms with van der Waals surface area (Å²) < 4.78 is 16.5. The Morgan fingerprint density at radius 3 is 1.55 bits per heavy atom. The van der Waals surface area contributed by atoms with E-state index in [0.717, 1.165) is 19.8 Å². The summed E-state index contributed by atoms with van der Waals surface area (Å²) in [5.74, 6) is 0. The van der Waals surface area contributed by atoms with Gasteiger partial charge in [-0.1, -0.05) is 51.9 Å². The summed E-state index contributed by atoms with van der Waals surface area (Å²) in [5.41, 5.74) is 0. The summed E-state index contributed by atoms with van der Waals surface area (Å²) >= 11 is 0. The minimum Gasteiger partial charge on any atom is -0.379 e. The van der Waals surface area contributed by atoms with E-state index in [9.17, 15) is 0 Å².